The molecule has 21 heavy (non-hydrogen) atoms. The number of hydrogen-bond donors (Lipinski definition) is 2. The minimum absolute atomic E-state index is 0.0767. The van der Waals surface area contributed by atoms with Crippen LogP contribution in [0.2, 0.25) is 0 Å². The number of carbonyl (C=O) groups excluding carboxylic acids is 2. The Balaban J connectivity index is 2.44. The molecule has 1 aliphatic rings. The fourth-order valence-electron chi connectivity index (χ4n) is 2.85. The van der Waals surface area contributed by atoms with Crippen molar-refractivity contribution in [3.8, 4) is 0 Å². The number of piperidine rings is 1. The molecule has 1 fully saturated rings. The van der Waals surface area contributed by atoms with E-state index in [-0.39, 0.29) is 24.4 Å². The highest BCUT2D eigenvalue weighted by atomic mass is 16.2. The Kier molecular flexibility index (Phi) is 7.72. The fourth-order valence-corrected chi connectivity index (χ4v) is 2.85. The first-order valence-electron chi connectivity index (χ1n) is 8.21. The summed E-state index contributed by atoms with van der Waals surface area (Å²) in [5.41, 5.74) is 0. The number of rotatable bonds is 7. The number of carbonyl (C=O) groups is 2. The summed E-state index contributed by atoms with van der Waals surface area (Å²) in [7, 11) is 0. The molecule has 2 N–H and O–H groups in total. The van der Waals surface area contributed by atoms with E-state index in [4.69, 9.17) is 0 Å². The third-order valence-electron chi connectivity index (χ3n) is 4.15. The van der Waals surface area contributed by atoms with Crippen LogP contribution in [0, 0.1) is 11.8 Å². The smallest absolute Gasteiger partial charge is 0.239 e. The van der Waals surface area contributed by atoms with E-state index in [1.54, 1.807) is 4.90 Å². The molecule has 5 heteroatoms. The molecular weight excluding hydrogens is 266 g/mol. The lowest BCUT2D eigenvalue weighted by atomic mass is 9.85. The SMILES string of the molecule is CCN(CC(=O)NC(C)C)C(=O)CC(C)C1CCCNC1. The van der Waals surface area contributed by atoms with Gasteiger partial charge in [-0.15, -0.1) is 0 Å². The third-order valence-corrected chi connectivity index (χ3v) is 4.15. The molecule has 1 saturated heterocycles. The van der Waals surface area contributed by atoms with Gasteiger partial charge in [0, 0.05) is 19.0 Å². The van der Waals surface area contributed by atoms with E-state index >= 15 is 0 Å². The largest absolute Gasteiger partial charge is 0.352 e. The standard InChI is InChI=1S/C16H31N3O2/c1-5-19(11-15(20)18-12(2)3)16(21)9-13(4)14-7-6-8-17-10-14/h12-14,17H,5-11H2,1-4H3,(H,18,20). The first-order chi connectivity index (χ1) is 9.93. The van der Waals surface area contributed by atoms with Gasteiger partial charge in [-0.3, -0.25) is 9.59 Å². The molecule has 0 aromatic heterocycles. The normalized spacial score (nSPS) is 20.1. The number of nitrogens with one attached hydrogen (secondary N) is 2. The van der Waals surface area contributed by atoms with Gasteiger partial charge in [0.15, 0.2) is 0 Å². The van der Waals surface area contributed by atoms with Crippen LogP contribution in [-0.2, 0) is 9.59 Å². The summed E-state index contributed by atoms with van der Waals surface area (Å²) in [4.78, 5) is 25.8. The topological polar surface area (TPSA) is 61.4 Å². The Morgan fingerprint density at radius 3 is 2.57 bits per heavy atom. The molecule has 2 unspecified atom stereocenters. The van der Waals surface area contributed by atoms with E-state index in [1.807, 2.05) is 20.8 Å². The Hall–Kier alpha value is -1.10. The van der Waals surface area contributed by atoms with Crippen molar-refractivity contribution in [2.45, 2.75) is 53.0 Å². The van der Waals surface area contributed by atoms with Gasteiger partial charge >= 0.3 is 0 Å². The summed E-state index contributed by atoms with van der Waals surface area (Å²) >= 11 is 0. The van der Waals surface area contributed by atoms with Gasteiger partial charge < -0.3 is 15.5 Å². The van der Waals surface area contributed by atoms with E-state index in [1.165, 1.54) is 12.8 Å². The lowest BCUT2D eigenvalue weighted by Crippen LogP contribution is -2.43. The molecule has 0 spiro atoms. The predicted octanol–water partition coefficient (Wildman–Crippen LogP) is 1.39. The summed E-state index contributed by atoms with van der Waals surface area (Å²) < 4.78 is 0. The maximum absolute atomic E-state index is 12.4. The molecule has 122 valence electrons. The number of hydrogen-bond acceptors (Lipinski definition) is 3. The molecule has 0 saturated carbocycles. The molecule has 5 nitrogen and oxygen atoms in total. The van der Waals surface area contributed by atoms with Crippen molar-refractivity contribution >= 4 is 11.8 Å². The quantitative estimate of drug-likeness (QED) is 0.746. The fraction of sp³-hybridized carbons (Fsp3) is 0.875. The van der Waals surface area contributed by atoms with E-state index in [0.29, 0.717) is 24.8 Å². The van der Waals surface area contributed by atoms with Crippen molar-refractivity contribution in [3.05, 3.63) is 0 Å². The van der Waals surface area contributed by atoms with Crippen LogP contribution in [0.15, 0.2) is 0 Å². The van der Waals surface area contributed by atoms with Crippen molar-refractivity contribution < 1.29 is 9.59 Å². The highest BCUT2D eigenvalue weighted by Gasteiger charge is 2.24. The van der Waals surface area contributed by atoms with Crippen molar-refractivity contribution in [2.24, 2.45) is 11.8 Å². The van der Waals surface area contributed by atoms with Gasteiger partial charge in [0.05, 0.1) is 6.54 Å². The van der Waals surface area contributed by atoms with E-state index in [0.717, 1.165) is 13.1 Å². The minimum atomic E-state index is -0.0767. The van der Waals surface area contributed by atoms with Gasteiger partial charge in [0.25, 0.3) is 0 Å². The summed E-state index contributed by atoms with van der Waals surface area (Å²) in [5.74, 6) is 0.958. The zero-order valence-corrected chi connectivity index (χ0v) is 13.9. The van der Waals surface area contributed by atoms with E-state index in [9.17, 15) is 9.59 Å². The first kappa shape index (κ1) is 18.0. The highest BCUT2D eigenvalue weighted by molar-refractivity contribution is 5.85. The number of likely N-dealkylation sites (N-methyl/N-ethyl adjacent to an activating group) is 1. The molecule has 2 atom stereocenters. The molecule has 1 rings (SSSR count). The van der Waals surface area contributed by atoms with Crippen LogP contribution in [0.3, 0.4) is 0 Å². The monoisotopic (exact) mass is 297 g/mol. The van der Waals surface area contributed by atoms with Gasteiger partial charge in [-0.1, -0.05) is 6.92 Å². The molecule has 1 aliphatic heterocycles. The van der Waals surface area contributed by atoms with Crippen molar-refractivity contribution in [3.63, 3.8) is 0 Å². The van der Waals surface area contributed by atoms with Crippen LogP contribution in [0.4, 0.5) is 0 Å². The van der Waals surface area contributed by atoms with Crippen molar-refractivity contribution in [1.82, 2.24) is 15.5 Å². The molecule has 0 aromatic carbocycles. The number of amides is 2. The van der Waals surface area contributed by atoms with Crippen molar-refractivity contribution in [1.29, 1.82) is 0 Å². The third kappa shape index (κ3) is 6.46. The van der Waals surface area contributed by atoms with Gasteiger partial charge in [-0.25, -0.2) is 0 Å². The van der Waals surface area contributed by atoms with Crippen LogP contribution in [-0.4, -0.2) is 48.9 Å². The Morgan fingerprint density at radius 2 is 2.05 bits per heavy atom. The minimum Gasteiger partial charge on any atom is -0.352 e. The van der Waals surface area contributed by atoms with Gasteiger partial charge in [0.1, 0.15) is 0 Å². The zero-order chi connectivity index (χ0) is 15.8. The lowest BCUT2D eigenvalue weighted by molar-refractivity contribution is -0.137. The van der Waals surface area contributed by atoms with Gasteiger partial charge in [0.2, 0.25) is 11.8 Å². The van der Waals surface area contributed by atoms with Gasteiger partial charge in [-0.2, -0.15) is 0 Å². The average molecular weight is 297 g/mol. The summed E-state index contributed by atoms with van der Waals surface area (Å²) in [6, 6.07) is 0.110. The maximum atomic E-state index is 12.4. The molecule has 0 aromatic rings. The van der Waals surface area contributed by atoms with Gasteiger partial charge in [-0.05, 0) is 58.5 Å². The first-order valence-corrected chi connectivity index (χ1v) is 8.21. The summed E-state index contributed by atoms with van der Waals surface area (Å²) in [6.07, 6.45) is 2.92. The second-order valence-electron chi connectivity index (χ2n) is 6.42. The summed E-state index contributed by atoms with van der Waals surface area (Å²) in [6.45, 7) is 10.8. The van der Waals surface area contributed by atoms with Crippen molar-refractivity contribution in [2.75, 3.05) is 26.2 Å². The molecule has 0 aliphatic carbocycles. The molecule has 2 amide bonds. The van der Waals surface area contributed by atoms with Crippen LogP contribution in [0.1, 0.15) is 47.0 Å². The average Bonchev–Trinajstić information content (AvgIpc) is 2.44. The molecule has 1 heterocycles. The van der Waals surface area contributed by atoms with E-state index < -0.39 is 0 Å². The van der Waals surface area contributed by atoms with Crippen LogP contribution in [0.25, 0.3) is 0 Å². The highest BCUT2D eigenvalue weighted by Crippen LogP contribution is 2.23. The molecule has 0 radical (unpaired) electrons. The summed E-state index contributed by atoms with van der Waals surface area (Å²) in [5, 5.41) is 6.23. The Labute approximate surface area is 128 Å². The van der Waals surface area contributed by atoms with Crippen LogP contribution in [0.5, 0.6) is 0 Å². The van der Waals surface area contributed by atoms with Crippen LogP contribution >= 0.6 is 0 Å². The Bertz CT molecular complexity index is 338. The Morgan fingerprint density at radius 1 is 1.33 bits per heavy atom. The predicted molar refractivity (Wildman–Crippen MR) is 84.9 cm³/mol. The second-order valence-corrected chi connectivity index (χ2v) is 6.42. The molecular formula is C16H31N3O2. The van der Waals surface area contributed by atoms with E-state index in [2.05, 4.69) is 17.6 Å². The number of nitrogens with zero attached hydrogens (tertiary/aromatic N) is 1. The molecule has 0 bridgehead atoms. The second kappa shape index (κ2) is 9.03. The van der Waals surface area contributed by atoms with Crippen LogP contribution < -0.4 is 10.6 Å². The lowest BCUT2D eigenvalue weighted by Gasteiger charge is -2.30. The zero-order valence-electron chi connectivity index (χ0n) is 13.9. The maximum Gasteiger partial charge on any atom is 0.239 e.